The number of hydrazine groups is 1. The Labute approximate surface area is 50.8 Å². The first-order valence-corrected chi connectivity index (χ1v) is 3.06. The molecule has 0 atom stereocenters. The summed E-state index contributed by atoms with van der Waals surface area (Å²) in [5.74, 6) is 0. The summed E-state index contributed by atoms with van der Waals surface area (Å²) in [6.45, 7) is 6.93. The van der Waals surface area contributed by atoms with Crippen LogP contribution in [-0.4, -0.2) is 25.1 Å². The molecule has 2 nitrogen and oxygen atoms in total. The van der Waals surface area contributed by atoms with Crippen molar-refractivity contribution in [3.63, 3.8) is 0 Å². The fourth-order valence-electron chi connectivity index (χ4n) is 1.15. The zero-order valence-electron chi connectivity index (χ0n) is 5.86. The summed E-state index contributed by atoms with van der Waals surface area (Å²) in [6, 6.07) is 0. The maximum Gasteiger partial charge on any atom is 0.0195 e. The van der Waals surface area contributed by atoms with Crippen molar-refractivity contribution in [2.45, 2.75) is 13.8 Å². The van der Waals surface area contributed by atoms with Crippen LogP contribution in [0, 0.1) is 5.41 Å². The van der Waals surface area contributed by atoms with Crippen LogP contribution in [0.2, 0.25) is 0 Å². The quantitative estimate of drug-likeness (QED) is 0.533. The van der Waals surface area contributed by atoms with Crippen LogP contribution in [0.4, 0.5) is 0 Å². The van der Waals surface area contributed by atoms with Gasteiger partial charge in [-0.3, -0.25) is 5.43 Å². The first kappa shape index (κ1) is 6.05. The Kier molecular flexibility index (Phi) is 1.29. The number of rotatable bonds is 1. The standard InChI is InChI=1S/C6H14N2/c1-6(2)4-8(5-6)7-3/h7H,4-5H2,1-3H3. The van der Waals surface area contributed by atoms with E-state index in [1.54, 1.807) is 0 Å². The van der Waals surface area contributed by atoms with Crippen molar-refractivity contribution in [2.75, 3.05) is 20.1 Å². The second-order valence-corrected chi connectivity index (χ2v) is 3.24. The van der Waals surface area contributed by atoms with Crippen LogP contribution >= 0.6 is 0 Å². The Morgan fingerprint density at radius 3 is 2.00 bits per heavy atom. The molecule has 2 heteroatoms. The lowest BCUT2D eigenvalue weighted by atomic mass is 9.86. The Morgan fingerprint density at radius 2 is 1.88 bits per heavy atom. The van der Waals surface area contributed by atoms with Crippen molar-refractivity contribution in [2.24, 2.45) is 5.41 Å². The second kappa shape index (κ2) is 1.71. The van der Waals surface area contributed by atoms with Crippen molar-refractivity contribution in [3.8, 4) is 0 Å². The third kappa shape index (κ3) is 1.01. The number of nitrogens with zero attached hydrogens (tertiary/aromatic N) is 1. The Balaban J connectivity index is 2.21. The van der Waals surface area contributed by atoms with Gasteiger partial charge in [0.25, 0.3) is 0 Å². The zero-order valence-corrected chi connectivity index (χ0v) is 5.86. The van der Waals surface area contributed by atoms with Crippen molar-refractivity contribution < 1.29 is 0 Å². The van der Waals surface area contributed by atoms with Gasteiger partial charge in [0, 0.05) is 13.1 Å². The fourth-order valence-corrected chi connectivity index (χ4v) is 1.15. The number of nitrogens with one attached hydrogen (secondary N) is 1. The summed E-state index contributed by atoms with van der Waals surface area (Å²) in [6.07, 6.45) is 0. The predicted molar refractivity (Wildman–Crippen MR) is 34.4 cm³/mol. The molecule has 1 heterocycles. The molecule has 1 rings (SSSR count). The van der Waals surface area contributed by atoms with Crippen LogP contribution in [0.1, 0.15) is 13.8 Å². The summed E-state index contributed by atoms with van der Waals surface area (Å²) in [5.41, 5.74) is 3.65. The van der Waals surface area contributed by atoms with Crippen molar-refractivity contribution in [3.05, 3.63) is 0 Å². The van der Waals surface area contributed by atoms with Crippen LogP contribution in [0.3, 0.4) is 0 Å². The molecule has 1 saturated heterocycles. The summed E-state index contributed by atoms with van der Waals surface area (Å²) in [7, 11) is 1.97. The molecule has 0 radical (unpaired) electrons. The molecular formula is C6H14N2. The minimum Gasteiger partial charge on any atom is -0.258 e. The molecular weight excluding hydrogens is 100 g/mol. The first-order valence-electron chi connectivity index (χ1n) is 3.06. The fraction of sp³-hybridized carbons (Fsp3) is 1.00. The molecule has 1 N–H and O–H groups in total. The lowest BCUT2D eigenvalue weighted by Gasteiger charge is -2.45. The topological polar surface area (TPSA) is 15.3 Å². The van der Waals surface area contributed by atoms with Gasteiger partial charge in [0.05, 0.1) is 0 Å². The largest absolute Gasteiger partial charge is 0.258 e. The Bertz CT molecular complexity index is 80.5. The van der Waals surface area contributed by atoms with Gasteiger partial charge in [-0.2, -0.15) is 0 Å². The SMILES string of the molecule is CNN1CC(C)(C)C1. The van der Waals surface area contributed by atoms with E-state index in [4.69, 9.17) is 0 Å². The molecule has 1 fully saturated rings. The highest BCUT2D eigenvalue weighted by Gasteiger charge is 2.32. The van der Waals surface area contributed by atoms with E-state index in [1.165, 1.54) is 13.1 Å². The van der Waals surface area contributed by atoms with Gasteiger partial charge < -0.3 is 0 Å². The Morgan fingerprint density at radius 1 is 1.38 bits per heavy atom. The summed E-state index contributed by atoms with van der Waals surface area (Å²) >= 11 is 0. The van der Waals surface area contributed by atoms with Gasteiger partial charge in [-0.1, -0.05) is 13.8 Å². The van der Waals surface area contributed by atoms with Crippen molar-refractivity contribution in [1.82, 2.24) is 10.4 Å². The molecule has 0 aromatic heterocycles. The molecule has 1 aliphatic heterocycles. The third-order valence-electron chi connectivity index (χ3n) is 1.55. The highest BCUT2D eigenvalue weighted by molar-refractivity contribution is 4.84. The summed E-state index contributed by atoms with van der Waals surface area (Å²) < 4.78 is 0. The van der Waals surface area contributed by atoms with Gasteiger partial charge in [0.15, 0.2) is 0 Å². The summed E-state index contributed by atoms with van der Waals surface area (Å²) in [5, 5.41) is 2.21. The summed E-state index contributed by atoms with van der Waals surface area (Å²) in [4.78, 5) is 0. The average Bonchev–Trinajstić information content (AvgIpc) is 1.60. The molecule has 48 valence electrons. The minimum atomic E-state index is 0.559. The molecule has 0 aromatic rings. The number of hydrogen-bond acceptors (Lipinski definition) is 2. The minimum absolute atomic E-state index is 0.559. The van der Waals surface area contributed by atoms with E-state index in [1.807, 2.05) is 7.05 Å². The van der Waals surface area contributed by atoms with Crippen LogP contribution < -0.4 is 5.43 Å². The van der Waals surface area contributed by atoms with Gasteiger partial charge in [0.1, 0.15) is 0 Å². The molecule has 0 unspecified atom stereocenters. The molecule has 0 bridgehead atoms. The van der Waals surface area contributed by atoms with Gasteiger partial charge in [-0.15, -0.1) is 0 Å². The first-order chi connectivity index (χ1) is 3.64. The van der Waals surface area contributed by atoms with E-state index < -0.39 is 0 Å². The maximum absolute atomic E-state index is 3.09. The van der Waals surface area contributed by atoms with Crippen molar-refractivity contribution in [1.29, 1.82) is 0 Å². The normalized spacial score (nSPS) is 27.4. The van der Waals surface area contributed by atoms with E-state index in [0.717, 1.165) is 0 Å². The molecule has 1 aliphatic rings. The number of hydrogen-bond donors (Lipinski definition) is 1. The van der Waals surface area contributed by atoms with Crippen LogP contribution in [-0.2, 0) is 0 Å². The predicted octanol–water partition coefficient (Wildman–Crippen LogP) is 0.463. The zero-order chi connectivity index (χ0) is 6.20. The van der Waals surface area contributed by atoms with Crippen LogP contribution in [0.5, 0.6) is 0 Å². The molecule has 0 spiro atoms. The highest BCUT2D eigenvalue weighted by Crippen LogP contribution is 2.25. The lowest BCUT2D eigenvalue weighted by Crippen LogP contribution is -2.57. The molecule has 8 heavy (non-hydrogen) atoms. The van der Waals surface area contributed by atoms with E-state index >= 15 is 0 Å². The third-order valence-corrected chi connectivity index (χ3v) is 1.55. The molecule has 0 amide bonds. The second-order valence-electron chi connectivity index (χ2n) is 3.24. The van der Waals surface area contributed by atoms with Gasteiger partial charge in [0.2, 0.25) is 0 Å². The van der Waals surface area contributed by atoms with Crippen LogP contribution in [0.25, 0.3) is 0 Å². The monoisotopic (exact) mass is 114 g/mol. The van der Waals surface area contributed by atoms with E-state index in [0.29, 0.717) is 5.41 Å². The van der Waals surface area contributed by atoms with E-state index in [-0.39, 0.29) is 0 Å². The Hall–Kier alpha value is -0.0800. The van der Waals surface area contributed by atoms with Crippen LogP contribution in [0.15, 0.2) is 0 Å². The molecule has 0 saturated carbocycles. The van der Waals surface area contributed by atoms with E-state index in [9.17, 15) is 0 Å². The van der Waals surface area contributed by atoms with Gasteiger partial charge >= 0.3 is 0 Å². The maximum atomic E-state index is 3.09. The van der Waals surface area contributed by atoms with Crippen molar-refractivity contribution >= 4 is 0 Å². The molecule has 0 aliphatic carbocycles. The van der Waals surface area contributed by atoms with Gasteiger partial charge in [-0.05, 0) is 12.5 Å². The molecule has 0 aromatic carbocycles. The average molecular weight is 114 g/mol. The highest BCUT2D eigenvalue weighted by atomic mass is 15.5. The van der Waals surface area contributed by atoms with Gasteiger partial charge in [-0.25, -0.2) is 5.01 Å². The lowest BCUT2D eigenvalue weighted by molar-refractivity contribution is -0.00576. The smallest absolute Gasteiger partial charge is 0.0195 e. The van der Waals surface area contributed by atoms with E-state index in [2.05, 4.69) is 24.3 Å².